The molecule has 0 aliphatic carbocycles. The smallest absolute Gasteiger partial charge is 0.257 e. The number of amides is 1. The molecule has 7 heteroatoms. The summed E-state index contributed by atoms with van der Waals surface area (Å²) in [6, 6.07) is 9.28. The van der Waals surface area contributed by atoms with Crippen LogP contribution in [0.4, 0.5) is 5.69 Å². The van der Waals surface area contributed by atoms with E-state index in [2.05, 4.69) is 4.98 Å². The second-order valence-electron chi connectivity index (χ2n) is 5.70. The fourth-order valence-corrected chi connectivity index (χ4v) is 3.78. The number of para-hydroxylation sites is 1. The summed E-state index contributed by atoms with van der Waals surface area (Å²) in [6.45, 7) is 2.17. The van der Waals surface area contributed by atoms with Gasteiger partial charge in [0.25, 0.3) is 5.56 Å². The van der Waals surface area contributed by atoms with Gasteiger partial charge in [0, 0.05) is 36.3 Å². The van der Waals surface area contributed by atoms with Crippen molar-refractivity contribution in [1.29, 1.82) is 0 Å². The Hall–Kier alpha value is -2.12. The van der Waals surface area contributed by atoms with Gasteiger partial charge in [-0.3, -0.25) is 14.2 Å². The van der Waals surface area contributed by atoms with E-state index in [1.165, 1.54) is 11.8 Å². The van der Waals surface area contributed by atoms with Crippen LogP contribution in [-0.4, -0.2) is 39.5 Å². The fourth-order valence-electron chi connectivity index (χ4n) is 2.75. The van der Waals surface area contributed by atoms with E-state index in [1.807, 2.05) is 30.3 Å². The van der Waals surface area contributed by atoms with Crippen molar-refractivity contribution >= 4 is 23.4 Å². The number of thioether (sulfide) groups is 1. The van der Waals surface area contributed by atoms with Gasteiger partial charge in [-0.2, -0.15) is 0 Å². The van der Waals surface area contributed by atoms with Crippen LogP contribution < -0.4 is 10.5 Å². The van der Waals surface area contributed by atoms with Gasteiger partial charge in [-0.25, -0.2) is 4.98 Å². The fraction of sp³-hybridized carbons (Fsp3) is 0.353. The number of hydrogen-bond acceptors (Lipinski definition) is 5. The molecule has 1 amide bonds. The molecular formula is C17H19N3O3S. The minimum atomic E-state index is -0.324. The number of hydrogen-bond donors (Lipinski definition) is 1. The van der Waals surface area contributed by atoms with Crippen molar-refractivity contribution in [1.82, 2.24) is 9.55 Å². The number of aliphatic hydroxyl groups is 1. The first kappa shape index (κ1) is 16.7. The second kappa shape index (κ2) is 7.19. The Balaban J connectivity index is 1.87. The number of anilines is 1. The van der Waals surface area contributed by atoms with Gasteiger partial charge in [0.15, 0.2) is 5.16 Å². The van der Waals surface area contributed by atoms with Gasteiger partial charge >= 0.3 is 0 Å². The lowest BCUT2D eigenvalue weighted by Crippen LogP contribution is -2.43. The summed E-state index contributed by atoms with van der Waals surface area (Å²) >= 11 is 1.42. The predicted octanol–water partition coefficient (Wildman–Crippen LogP) is 1.30. The lowest BCUT2D eigenvalue weighted by molar-refractivity contribution is -0.122. The van der Waals surface area contributed by atoms with Crippen molar-refractivity contribution < 1.29 is 9.90 Å². The Morgan fingerprint density at radius 2 is 2.17 bits per heavy atom. The molecule has 2 heterocycles. The van der Waals surface area contributed by atoms with E-state index in [1.54, 1.807) is 22.6 Å². The van der Waals surface area contributed by atoms with Crippen LogP contribution in [-0.2, 0) is 11.3 Å². The summed E-state index contributed by atoms with van der Waals surface area (Å²) in [7, 11) is 0. The van der Waals surface area contributed by atoms with E-state index >= 15 is 0 Å². The second-order valence-corrected chi connectivity index (χ2v) is 6.68. The van der Waals surface area contributed by atoms with Crippen molar-refractivity contribution in [2.75, 3.05) is 23.8 Å². The Bertz CT molecular complexity index is 791. The number of carbonyl (C=O) groups excluding carboxylic acids is 1. The summed E-state index contributed by atoms with van der Waals surface area (Å²) in [5, 5.41) is 9.97. The minimum Gasteiger partial charge on any atom is -0.395 e. The molecule has 3 rings (SSSR count). The molecule has 0 saturated heterocycles. The van der Waals surface area contributed by atoms with Gasteiger partial charge in [-0.05, 0) is 19.1 Å². The summed E-state index contributed by atoms with van der Waals surface area (Å²) in [6.07, 6.45) is 1.57. The monoisotopic (exact) mass is 345 g/mol. The molecule has 0 saturated carbocycles. The third-order valence-corrected chi connectivity index (χ3v) is 5.16. The van der Waals surface area contributed by atoms with E-state index in [-0.39, 0.29) is 30.5 Å². The van der Waals surface area contributed by atoms with Gasteiger partial charge in [-0.15, -0.1) is 0 Å². The van der Waals surface area contributed by atoms with Gasteiger partial charge in [0.2, 0.25) is 5.91 Å². The summed E-state index contributed by atoms with van der Waals surface area (Å²) in [5.74, 6) is 0.167. The minimum absolute atomic E-state index is 0.0817. The molecule has 1 aromatic carbocycles. The van der Waals surface area contributed by atoms with E-state index in [0.29, 0.717) is 23.0 Å². The van der Waals surface area contributed by atoms with Crippen molar-refractivity contribution in [3.63, 3.8) is 0 Å². The molecule has 1 N–H and O–H groups in total. The zero-order valence-electron chi connectivity index (χ0n) is 13.4. The first-order valence-electron chi connectivity index (χ1n) is 7.78. The zero-order chi connectivity index (χ0) is 17.1. The summed E-state index contributed by atoms with van der Waals surface area (Å²) < 4.78 is 1.58. The number of fused-ring (bicyclic) bond motifs is 1. The number of carbonyl (C=O) groups is 1. The molecule has 0 radical (unpaired) electrons. The Kier molecular flexibility index (Phi) is 5.01. The molecule has 1 unspecified atom stereocenters. The molecule has 0 bridgehead atoms. The molecule has 6 nitrogen and oxygen atoms in total. The maximum absolute atomic E-state index is 13.0. The van der Waals surface area contributed by atoms with Crippen LogP contribution >= 0.6 is 11.8 Å². The van der Waals surface area contributed by atoms with Gasteiger partial charge in [0.1, 0.15) is 0 Å². The van der Waals surface area contributed by atoms with E-state index in [0.717, 1.165) is 5.69 Å². The molecular weight excluding hydrogens is 326 g/mol. The number of aliphatic hydroxyl groups excluding tert-OH is 1. The summed E-state index contributed by atoms with van der Waals surface area (Å²) in [4.78, 5) is 31.1. The largest absolute Gasteiger partial charge is 0.395 e. The molecule has 1 aliphatic heterocycles. The van der Waals surface area contributed by atoms with Crippen LogP contribution in [0.3, 0.4) is 0 Å². The average Bonchev–Trinajstić information content (AvgIpc) is 2.63. The van der Waals surface area contributed by atoms with Crippen molar-refractivity contribution in [3.05, 3.63) is 52.4 Å². The number of aryl methyl sites for hydroxylation is 1. The van der Waals surface area contributed by atoms with Gasteiger partial charge in [0.05, 0.1) is 12.5 Å². The zero-order valence-corrected chi connectivity index (χ0v) is 14.2. The number of benzene rings is 1. The van der Waals surface area contributed by atoms with Crippen LogP contribution in [0.2, 0.25) is 0 Å². The lowest BCUT2D eigenvalue weighted by atomic mass is 10.1. The highest BCUT2D eigenvalue weighted by molar-refractivity contribution is 7.99. The van der Waals surface area contributed by atoms with Crippen LogP contribution in [0.25, 0.3) is 0 Å². The highest BCUT2D eigenvalue weighted by Gasteiger charge is 2.30. The van der Waals surface area contributed by atoms with Crippen molar-refractivity contribution in [2.45, 2.75) is 18.6 Å². The maximum atomic E-state index is 13.0. The average molecular weight is 345 g/mol. The molecule has 1 atom stereocenters. The Labute approximate surface area is 144 Å². The number of rotatable bonds is 4. The quantitative estimate of drug-likeness (QED) is 0.846. The SMILES string of the molecule is Cc1cnc2n(c1=O)CC(C(=O)N(CCO)c1ccccc1)CS2. The van der Waals surface area contributed by atoms with Crippen molar-refractivity contribution in [2.24, 2.45) is 5.92 Å². The number of nitrogens with zero attached hydrogens (tertiary/aromatic N) is 3. The van der Waals surface area contributed by atoms with Crippen LogP contribution in [0.5, 0.6) is 0 Å². The van der Waals surface area contributed by atoms with E-state index in [9.17, 15) is 14.7 Å². The van der Waals surface area contributed by atoms with Crippen molar-refractivity contribution in [3.8, 4) is 0 Å². The van der Waals surface area contributed by atoms with E-state index < -0.39 is 0 Å². The van der Waals surface area contributed by atoms with E-state index in [4.69, 9.17) is 0 Å². The first-order chi connectivity index (χ1) is 11.6. The molecule has 24 heavy (non-hydrogen) atoms. The first-order valence-corrected chi connectivity index (χ1v) is 8.77. The molecule has 1 aliphatic rings. The normalized spacial score (nSPS) is 16.5. The standard InChI is InChI=1S/C17H19N3O3S/c1-12-9-18-17-20(15(12)22)10-13(11-24-17)16(23)19(7-8-21)14-5-3-2-4-6-14/h2-6,9,13,21H,7-8,10-11H2,1H3. The summed E-state index contributed by atoms with van der Waals surface area (Å²) in [5.41, 5.74) is 1.23. The highest BCUT2D eigenvalue weighted by Crippen LogP contribution is 2.27. The molecule has 2 aromatic rings. The number of aromatic nitrogens is 2. The van der Waals surface area contributed by atoms with Gasteiger partial charge in [-0.1, -0.05) is 30.0 Å². The topological polar surface area (TPSA) is 75.4 Å². The molecule has 1 aromatic heterocycles. The van der Waals surface area contributed by atoms with Crippen LogP contribution in [0.15, 0.2) is 46.5 Å². The highest BCUT2D eigenvalue weighted by atomic mass is 32.2. The third-order valence-electron chi connectivity index (χ3n) is 4.01. The lowest BCUT2D eigenvalue weighted by Gasteiger charge is -2.30. The van der Waals surface area contributed by atoms with Gasteiger partial charge < -0.3 is 10.0 Å². The van der Waals surface area contributed by atoms with Crippen LogP contribution in [0, 0.1) is 12.8 Å². The predicted molar refractivity (Wildman–Crippen MR) is 93.3 cm³/mol. The Morgan fingerprint density at radius 3 is 2.88 bits per heavy atom. The molecule has 0 spiro atoms. The molecule has 126 valence electrons. The maximum Gasteiger partial charge on any atom is 0.257 e. The van der Waals surface area contributed by atoms with Crippen LogP contribution in [0.1, 0.15) is 5.56 Å². The molecule has 0 fully saturated rings. The Morgan fingerprint density at radius 1 is 1.42 bits per heavy atom. The third kappa shape index (κ3) is 3.22.